The molecule has 4 rings (SSSR count). The van der Waals surface area contributed by atoms with Crippen molar-refractivity contribution in [2.24, 2.45) is 4.99 Å². The predicted molar refractivity (Wildman–Crippen MR) is 139 cm³/mol. The molecule has 0 fully saturated rings. The molecule has 1 aliphatic heterocycles. The van der Waals surface area contributed by atoms with Crippen molar-refractivity contribution >= 4 is 51.7 Å². The summed E-state index contributed by atoms with van der Waals surface area (Å²) in [5.74, 6) is 1.29. The van der Waals surface area contributed by atoms with Crippen molar-refractivity contribution in [1.29, 1.82) is 0 Å². The van der Waals surface area contributed by atoms with Gasteiger partial charge in [-0.1, -0.05) is 30.0 Å². The number of amides is 1. The van der Waals surface area contributed by atoms with Gasteiger partial charge < -0.3 is 9.47 Å². The first-order chi connectivity index (χ1) is 16.4. The molecule has 0 saturated carbocycles. The van der Waals surface area contributed by atoms with E-state index in [-0.39, 0.29) is 17.4 Å². The second kappa shape index (κ2) is 10.3. The molecule has 0 bridgehead atoms. The van der Waals surface area contributed by atoms with Gasteiger partial charge in [-0.2, -0.15) is 0 Å². The van der Waals surface area contributed by atoms with Crippen LogP contribution in [0.15, 0.2) is 65.3 Å². The van der Waals surface area contributed by atoms with E-state index < -0.39 is 0 Å². The molecule has 1 aromatic heterocycles. The molecule has 174 valence electrons. The van der Waals surface area contributed by atoms with E-state index in [0.29, 0.717) is 22.3 Å². The smallest absolute Gasteiger partial charge is 0.283 e. The van der Waals surface area contributed by atoms with Gasteiger partial charge in [-0.3, -0.25) is 14.5 Å². The van der Waals surface area contributed by atoms with Crippen LogP contribution in [0.5, 0.6) is 11.5 Å². The van der Waals surface area contributed by atoms with Crippen molar-refractivity contribution < 1.29 is 19.1 Å². The molecule has 0 spiro atoms. The maximum absolute atomic E-state index is 13.4. The number of ketones is 1. The fourth-order valence-corrected chi connectivity index (χ4v) is 5.38. The summed E-state index contributed by atoms with van der Waals surface area (Å²) in [4.78, 5) is 34.5. The Morgan fingerprint density at radius 1 is 1.06 bits per heavy atom. The number of carbonyl (C=O) groups excluding carboxylic acids is 2. The maximum Gasteiger partial charge on any atom is 0.283 e. The molecule has 3 aromatic rings. The number of carbonyl (C=O) groups is 2. The van der Waals surface area contributed by atoms with Crippen molar-refractivity contribution in [2.45, 2.75) is 13.8 Å². The highest BCUT2D eigenvalue weighted by molar-refractivity contribution is 8.14. The number of benzene rings is 2. The lowest BCUT2D eigenvalue weighted by Crippen LogP contribution is -2.30. The Labute approximate surface area is 206 Å². The number of rotatable bonds is 7. The maximum atomic E-state index is 13.4. The van der Waals surface area contributed by atoms with Gasteiger partial charge in [0.2, 0.25) is 0 Å². The van der Waals surface area contributed by atoms with Crippen molar-refractivity contribution in [3.8, 4) is 11.5 Å². The number of aliphatic imine (C=N–C) groups is 1. The Morgan fingerprint density at radius 2 is 1.79 bits per heavy atom. The normalized spacial score (nSPS) is 14.5. The highest BCUT2D eigenvalue weighted by atomic mass is 32.2. The van der Waals surface area contributed by atoms with E-state index >= 15 is 0 Å². The Balaban J connectivity index is 1.65. The summed E-state index contributed by atoms with van der Waals surface area (Å²) < 4.78 is 10.5. The van der Waals surface area contributed by atoms with Crippen LogP contribution >= 0.6 is 23.1 Å². The van der Waals surface area contributed by atoms with Crippen LogP contribution in [0.3, 0.4) is 0 Å². The number of thiophene rings is 1. The van der Waals surface area contributed by atoms with Gasteiger partial charge in [0.1, 0.15) is 17.2 Å². The van der Waals surface area contributed by atoms with Gasteiger partial charge >= 0.3 is 0 Å². The molecular formula is C26H24N2O4S2. The number of Topliss-reactive ketones (excluding diaryl/α,β-unsaturated/α-hetero) is 1. The lowest BCUT2D eigenvalue weighted by molar-refractivity contribution is -0.113. The minimum atomic E-state index is -0.262. The van der Waals surface area contributed by atoms with Crippen LogP contribution in [0.4, 0.5) is 5.69 Å². The van der Waals surface area contributed by atoms with E-state index in [1.165, 1.54) is 16.7 Å². The quantitative estimate of drug-likeness (QED) is 0.311. The summed E-state index contributed by atoms with van der Waals surface area (Å²) in [6.45, 7) is 3.94. The summed E-state index contributed by atoms with van der Waals surface area (Å²) >= 11 is 2.86. The van der Waals surface area contributed by atoms with E-state index in [9.17, 15) is 9.59 Å². The molecule has 0 saturated heterocycles. The summed E-state index contributed by atoms with van der Waals surface area (Å²) in [7, 11) is 3.18. The Bertz CT molecular complexity index is 1290. The van der Waals surface area contributed by atoms with Crippen LogP contribution in [0.25, 0.3) is 6.08 Å². The molecule has 34 heavy (non-hydrogen) atoms. The van der Waals surface area contributed by atoms with Crippen molar-refractivity contribution in [3.63, 3.8) is 0 Å². The average Bonchev–Trinajstić information content (AvgIpc) is 3.35. The van der Waals surface area contributed by atoms with Crippen LogP contribution in [0.2, 0.25) is 0 Å². The van der Waals surface area contributed by atoms with E-state index in [1.807, 2.05) is 62.4 Å². The van der Waals surface area contributed by atoms with Crippen LogP contribution < -0.4 is 14.4 Å². The molecule has 0 aliphatic carbocycles. The summed E-state index contributed by atoms with van der Waals surface area (Å²) in [6, 6.07) is 16.5. The second-order valence-corrected chi connectivity index (χ2v) is 9.98. The van der Waals surface area contributed by atoms with E-state index in [1.54, 1.807) is 37.7 Å². The van der Waals surface area contributed by atoms with Crippen molar-refractivity contribution in [3.05, 3.63) is 81.2 Å². The van der Waals surface area contributed by atoms with Gasteiger partial charge in [-0.15, -0.1) is 11.3 Å². The lowest BCUT2D eigenvalue weighted by Gasteiger charge is -2.18. The fourth-order valence-electron chi connectivity index (χ4n) is 3.54. The van der Waals surface area contributed by atoms with E-state index in [4.69, 9.17) is 9.47 Å². The van der Waals surface area contributed by atoms with Crippen LogP contribution in [0, 0.1) is 13.8 Å². The molecule has 2 aromatic carbocycles. The highest BCUT2D eigenvalue weighted by Crippen LogP contribution is 2.32. The minimum Gasteiger partial charge on any atom is -0.497 e. The topological polar surface area (TPSA) is 68.2 Å². The van der Waals surface area contributed by atoms with Gasteiger partial charge in [0.05, 0.1) is 25.7 Å². The Morgan fingerprint density at radius 3 is 2.44 bits per heavy atom. The molecule has 2 heterocycles. The third-order valence-corrected chi connectivity index (χ3v) is 7.14. The highest BCUT2D eigenvalue weighted by Gasteiger charge is 2.33. The van der Waals surface area contributed by atoms with Gasteiger partial charge in [-0.25, -0.2) is 4.99 Å². The van der Waals surface area contributed by atoms with Crippen LogP contribution in [0.1, 0.15) is 25.7 Å². The van der Waals surface area contributed by atoms with E-state index in [2.05, 4.69) is 4.99 Å². The van der Waals surface area contributed by atoms with Crippen LogP contribution in [-0.2, 0) is 4.79 Å². The molecule has 0 atom stereocenters. The monoisotopic (exact) mass is 492 g/mol. The SMILES string of the molecule is COc1ccc(C=C2N=C(SCC(=O)c3cc(C)sc3C)N(c3cccc(OC)c3)C2=O)cc1. The number of anilines is 1. The molecule has 8 heteroatoms. The third kappa shape index (κ3) is 5.08. The number of aryl methyl sites for hydroxylation is 2. The lowest BCUT2D eigenvalue weighted by atomic mass is 10.2. The minimum absolute atomic E-state index is 0.0141. The second-order valence-electron chi connectivity index (χ2n) is 7.58. The zero-order valence-electron chi connectivity index (χ0n) is 19.3. The molecular weight excluding hydrogens is 468 g/mol. The molecule has 0 radical (unpaired) electrons. The summed E-state index contributed by atoms with van der Waals surface area (Å²) in [5.41, 5.74) is 2.47. The standard InChI is InChI=1S/C26H24N2O4S2/c1-16-12-22(17(2)34-16)24(29)15-33-26-27-23(13-18-8-10-20(31-3)11-9-18)25(30)28(26)19-6-5-7-21(14-19)32-4/h5-14H,15H2,1-4H3. The van der Waals surface area contributed by atoms with Crippen molar-refractivity contribution in [1.82, 2.24) is 0 Å². The number of hydrogen-bond donors (Lipinski definition) is 0. The van der Waals surface area contributed by atoms with Crippen LogP contribution in [-0.4, -0.2) is 36.8 Å². The number of methoxy groups -OCH3 is 2. The number of hydrogen-bond acceptors (Lipinski definition) is 7. The molecule has 0 N–H and O–H groups in total. The van der Waals surface area contributed by atoms with Gasteiger partial charge in [-0.05, 0) is 55.8 Å². The first kappa shape index (κ1) is 23.8. The number of amidine groups is 1. The summed E-state index contributed by atoms with van der Waals surface area (Å²) in [5, 5.41) is 0.455. The Kier molecular flexibility index (Phi) is 7.19. The van der Waals surface area contributed by atoms with Crippen molar-refractivity contribution in [2.75, 3.05) is 24.9 Å². The summed E-state index contributed by atoms with van der Waals surface area (Å²) in [6.07, 6.45) is 1.73. The largest absolute Gasteiger partial charge is 0.497 e. The average molecular weight is 493 g/mol. The first-order valence-corrected chi connectivity index (χ1v) is 12.4. The molecule has 0 unspecified atom stereocenters. The van der Waals surface area contributed by atoms with Gasteiger partial charge in [0.15, 0.2) is 11.0 Å². The molecule has 6 nitrogen and oxygen atoms in total. The van der Waals surface area contributed by atoms with Gasteiger partial charge in [0, 0.05) is 21.4 Å². The zero-order valence-corrected chi connectivity index (χ0v) is 21.0. The number of ether oxygens (including phenoxy) is 2. The number of thioether (sulfide) groups is 1. The molecule has 1 aliphatic rings. The van der Waals surface area contributed by atoms with E-state index in [0.717, 1.165) is 26.6 Å². The Hall–Kier alpha value is -3.36. The first-order valence-electron chi connectivity index (χ1n) is 10.6. The fraction of sp³-hybridized carbons (Fsp3) is 0.192. The van der Waals surface area contributed by atoms with Gasteiger partial charge in [0.25, 0.3) is 5.91 Å². The third-order valence-electron chi connectivity index (χ3n) is 5.23. The molecule has 1 amide bonds. The predicted octanol–water partition coefficient (Wildman–Crippen LogP) is 5.74. The number of nitrogens with zero attached hydrogens (tertiary/aromatic N) is 2. The zero-order chi connectivity index (χ0) is 24.2.